The SMILES string of the molecule is CNC(=O)C1=C(c2ccccc2)OC(c2ccc(Cl)cc2)CC1=O. The smallest absolute Gasteiger partial charge is 0.258 e. The predicted molar refractivity (Wildman–Crippen MR) is 92.3 cm³/mol. The zero-order valence-electron chi connectivity index (χ0n) is 13.1. The molecule has 0 aliphatic carbocycles. The molecule has 122 valence electrons. The van der Waals surface area contributed by atoms with Crippen LogP contribution in [0.25, 0.3) is 5.76 Å². The Bertz CT molecular complexity index is 797. The third kappa shape index (κ3) is 3.19. The fourth-order valence-electron chi connectivity index (χ4n) is 2.66. The summed E-state index contributed by atoms with van der Waals surface area (Å²) in [5.74, 6) is -0.362. The number of carbonyl (C=O) groups excluding carboxylic acids is 2. The first-order chi connectivity index (χ1) is 11.6. The van der Waals surface area contributed by atoms with E-state index in [9.17, 15) is 9.59 Å². The summed E-state index contributed by atoms with van der Waals surface area (Å²) in [6, 6.07) is 16.3. The third-order valence-corrected chi connectivity index (χ3v) is 4.12. The summed E-state index contributed by atoms with van der Waals surface area (Å²) < 4.78 is 6.06. The van der Waals surface area contributed by atoms with E-state index in [1.165, 1.54) is 7.05 Å². The lowest BCUT2D eigenvalue weighted by atomic mass is 9.93. The molecule has 4 nitrogen and oxygen atoms in total. The topological polar surface area (TPSA) is 55.4 Å². The lowest BCUT2D eigenvalue weighted by molar-refractivity contribution is -0.124. The Balaban J connectivity index is 2.05. The van der Waals surface area contributed by atoms with Crippen molar-refractivity contribution in [2.24, 2.45) is 0 Å². The van der Waals surface area contributed by atoms with Gasteiger partial charge in [0.1, 0.15) is 17.4 Å². The molecule has 2 aromatic carbocycles. The van der Waals surface area contributed by atoms with Crippen molar-refractivity contribution in [1.29, 1.82) is 0 Å². The Morgan fingerprint density at radius 3 is 2.42 bits per heavy atom. The predicted octanol–water partition coefficient (Wildman–Crippen LogP) is 3.53. The highest BCUT2D eigenvalue weighted by molar-refractivity contribution is 6.30. The highest BCUT2D eigenvalue weighted by Gasteiger charge is 2.34. The van der Waals surface area contributed by atoms with Gasteiger partial charge in [0.05, 0.1) is 6.42 Å². The molecule has 0 spiro atoms. The van der Waals surface area contributed by atoms with Gasteiger partial charge in [0.15, 0.2) is 5.78 Å². The van der Waals surface area contributed by atoms with Gasteiger partial charge in [0, 0.05) is 17.6 Å². The van der Waals surface area contributed by atoms with Crippen LogP contribution in [0.2, 0.25) is 5.02 Å². The Hall–Kier alpha value is -2.59. The molecule has 0 saturated heterocycles. The highest BCUT2D eigenvalue weighted by atomic mass is 35.5. The maximum Gasteiger partial charge on any atom is 0.258 e. The van der Waals surface area contributed by atoms with E-state index in [0.29, 0.717) is 16.3 Å². The standard InChI is InChI=1S/C19H16ClNO3/c1-21-19(23)17-15(22)11-16(12-7-9-14(20)10-8-12)24-18(17)13-5-3-2-4-6-13/h2-10,16H,11H2,1H3,(H,21,23). The molecule has 3 rings (SSSR count). The lowest BCUT2D eigenvalue weighted by Crippen LogP contribution is -2.31. The lowest BCUT2D eigenvalue weighted by Gasteiger charge is -2.27. The second-order valence-electron chi connectivity index (χ2n) is 5.43. The number of ether oxygens (including phenoxy) is 1. The summed E-state index contributed by atoms with van der Waals surface area (Å²) in [7, 11) is 1.50. The molecule has 1 aliphatic rings. The van der Waals surface area contributed by atoms with Crippen LogP contribution in [0, 0.1) is 0 Å². The van der Waals surface area contributed by atoms with Crippen molar-refractivity contribution in [1.82, 2.24) is 5.32 Å². The maximum absolute atomic E-state index is 12.6. The quantitative estimate of drug-likeness (QED) is 0.869. The number of amides is 1. The minimum absolute atomic E-state index is 0.0638. The van der Waals surface area contributed by atoms with Crippen LogP contribution in [0.15, 0.2) is 60.2 Å². The van der Waals surface area contributed by atoms with Gasteiger partial charge >= 0.3 is 0 Å². The second kappa shape index (κ2) is 6.89. The Morgan fingerprint density at radius 1 is 1.12 bits per heavy atom. The number of ketones is 1. The number of Topliss-reactive ketones (excluding diaryl/α,β-unsaturated/α-hetero) is 1. The summed E-state index contributed by atoms with van der Waals surface area (Å²) in [4.78, 5) is 24.8. The zero-order valence-corrected chi connectivity index (χ0v) is 13.8. The van der Waals surface area contributed by atoms with Crippen LogP contribution >= 0.6 is 11.6 Å². The molecule has 1 aliphatic heterocycles. The van der Waals surface area contributed by atoms with Gasteiger partial charge in [-0.05, 0) is 17.7 Å². The number of carbonyl (C=O) groups is 2. The first kappa shape index (κ1) is 16.3. The molecule has 0 fully saturated rings. The summed E-state index contributed by atoms with van der Waals surface area (Å²) in [6.07, 6.45) is -0.334. The number of benzene rings is 2. The number of hydrogen-bond acceptors (Lipinski definition) is 3. The van der Waals surface area contributed by atoms with Crippen LogP contribution in [0.4, 0.5) is 0 Å². The van der Waals surface area contributed by atoms with Crippen LogP contribution in [0.1, 0.15) is 23.7 Å². The van der Waals surface area contributed by atoms with Gasteiger partial charge in [-0.3, -0.25) is 9.59 Å². The van der Waals surface area contributed by atoms with Crippen molar-refractivity contribution < 1.29 is 14.3 Å². The number of halogens is 1. The van der Waals surface area contributed by atoms with E-state index >= 15 is 0 Å². The number of nitrogens with one attached hydrogen (secondary N) is 1. The van der Waals surface area contributed by atoms with Gasteiger partial charge in [0.2, 0.25) is 0 Å². The summed E-state index contributed by atoms with van der Waals surface area (Å²) >= 11 is 5.92. The maximum atomic E-state index is 12.6. The van der Waals surface area contributed by atoms with Gasteiger partial charge in [-0.25, -0.2) is 0 Å². The van der Waals surface area contributed by atoms with Crippen molar-refractivity contribution in [2.75, 3.05) is 7.05 Å². The van der Waals surface area contributed by atoms with Crippen LogP contribution in [0.3, 0.4) is 0 Å². The molecule has 1 atom stereocenters. The van der Waals surface area contributed by atoms with E-state index in [4.69, 9.17) is 16.3 Å². The zero-order chi connectivity index (χ0) is 17.1. The summed E-state index contributed by atoms with van der Waals surface area (Å²) in [5.41, 5.74) is 1.61. The molecule has 1 unspecified atom stereocenters. The first-order valence-electron chi connectivity index (χ1n) is 7.57. The normalized spacial score (nSPS) is 17.4. The van der Waals surface area contributed by atoms with Crippen molar-refractivity contribution in [3.8, 4) is 0 Å². The number of hydrogen-bond donors (Lipinski definition) is 1. The molecule has 1 heterocycles. The average Bonchev–Trinajstić information content (AvgIpc) is 2.62. The molecule has 5 heteroatoms. The average molecular weight is 342 g/mol. The molecule has 0 radical (unpaired) electrons. The summed E-state index contributed by atoms with van der Waals surface area (Å²) in [5, 5.41) is 3.13. The van der Waals surface area contributed by atoms with Gasteiger partial charge in [-0.1, -0.05) is 54.1 Å². The third-order valence-electron chi connectivity index (χ3n) is 3.87. The van der Waals surface area contributed by atoms with Crippen molar-refractivity contribution in [2.45, 2.75) is 12.5 Å². The summed E-state index contributed by atoms with van der Waals surface area (Å²) in [6.45, 7) is 0. The van der Waals surface area contributed by atoms with Crippen LogP contribution in [0.5, 0.6) is 0 Å². The first-order valence-corrected chi connectivity index (χ1v) is 7.95. The Kier molecular flexibility index (Phi) is 4.67. The van der Waals surface area contributed by atoms with E-state index in [1.807, 2.05) is 42.5 Å². The number of likely N-dealkylation sites (N-methyl/N-ethyl adjacent to an activating group) is 1. The van der Waals surface area contributed by atoms with Crippen molar-refractivity contribution >= 4 is 29.1 Å². The molecule has 24 heavy (non-hydrogen) atoms. The molecule has 0 aromatic heterocycles. The minimum Gasteiger partial charge on any atom is -0.484 e. The van der Waals surface area contributed by atoms with E-state index in [0.717, 1.165) is 5.56 Å². The Morgan fingerprint density at radius 2 is 1.79 bits per heavy atom. The van der Waals surface area contributed by atoms with E-state index < -0.39 is 12.0 Å². The van der Waals surface area contributed by atoms with Crippen LogP contribution in [-0.4, -0.2) is 18.7 Å². The Labute approximate surface area is 145 Å². The van der Waals surface area contributed by atoms with Gasteiger partial charge in [-0.15, -0.1) is 0 Å². The molecule has 0 saturated carbocycles. The van der Waals surface area contributed by atoms with Gasteiger partial charge < -0.3 is 10.1 Å². The van der Waals surface area contributed by atoms with Crippen LogP contribution in [-0.2, 0) is 14.3 Å². The van der Waals surface area contributed by atoms with E-state index in [-0.39, 0.29) is 17.8 Å². The second-order valence-corrected chi connectivity index (χ2v) is 5.87. The van der Waals surface area contributed by atoms with Crippen molar-refractivity contribution in [3.05, 3.63) is 76.3 Å². The number of rotatable bonds is 3. The van der Waals surface area contributed by atoms with E-state index in [1.54, 1.807) is 12.1 Å². The van der Waals surface area contributed by atoms with Gasteiger partial charge in [0.25, 0.3) is 5.91 Å². The molecule has 1 N–H and O–H groups in total. The molecule has 1 amide bonds. The monoisotopic (exact) mass is 341 g/mol. The van der Waals surface area contributed by atoms with Gasteiger partial charge in [-0.2, -0.15) is 0 Å². The largest absolute Gasteiger partial charge is 0.484 e. The van der Waals surface area contributed by atoms with Crippen LogP contribution < -0.4 is 5.32 Å². The fourth-order valence-corrected chi connectivity index (χ4v) is 2.79. The molecular formula is C19H16ClNO3. The highest BCUT2D eigenvalue weighted by Crippen LogP contribution is 2.36. The minimum atomic E-state index is -0.446. The molecule has 2 aromatic rings. The van der Waals surface area contributed by atoms with Crippen molar-refractivity contribution in [3.63, 3.8) is 0 Å². The molecule has 0 bridgehead atoms. The fraction of sp³-hybridized carbons (Fsp3) is 0.158. The molecular weight excluding hydrogens is 326 g/mol. The van der Waals surface area contributed by atoms with E-state index in [2.05, 4.69) is 5.32 Å².